The summed E-state index contributed by atoms with van der Waals surface area (Å²) in [4.78, 5) is 30.5. The average Bonchev–Trinajstić information content (AvgIpc) is 3.14. The number of nitrogens with one attached hydrogen (secondary N) is 1. The number of thiazole rings is 1. The van der Waals surface area contributed by atoms with Crippen LogP contribution in [-0.4, -0.2) is 40.8 Å². The smallest absolute Gasteiger partial charge is 0.251 e. The molecule has 0 aliphatic carbocycles. The van der Waals surface area contributed by atoms with Gasteiger partial charge >= 0.3 is 0 Å². The largest absolute Gasteiger partial charge is 0.349 e. The fraction of sp³-hybridized carbons (Fsp3) is 0.316. The molecule has 1 aromatic carbocycles. The first-order valence-corrected chi connectivity index (χ1v) is 9.29. The Labute approximate surface area is 151 Å². The van der Waals surface area contributed by atoms with Gasteiger partial charge in [-0.25, -0.2) is 4.98 Å². The Morgan fingerprint density at radius 2 is 2.04 bits per heavy atom. The highest BCUT2D eigenvalue weighted by molar-refractivity contribution is 7.07. The van der Waals surface area contributed by atoms with Gasteiger partial charge in [-0.05, 0) is 37.5 Å². The Bertz CT molecular complexity index is 763. The second-order valence-corrected chi connectivity index (χ2v) is 6.85. The molecule has 1 fully saturated rings. The number of piperidine rings is 1. The van der Waals surface area contributed by atoms with Crippen LogP contribution >= 0.6 is 11.3 Å². The highest BCUT2D eigenvalue weighted by Gasteiger charge is 2.23. The van der Waals surface area contributed by atoms with Crippen molar-refractivity contribution in [1.29, 1.82) is 0 Å². The fourth-order valence-electron chi connectivity index (χ4n) is 2.90. The molecule has 5 nitrogen and oxygen atoms in total. The van der Waals surface area contributed by atoms with Gasteiger partial charge in [0.2, 0.25) is 5.91 Å². The van der Waals surface area contributed by atoms with Crippen molar-refractivity contribution in [3.63, 3.8) is 0 Å². The van der Waals surface area contributed by atoms with Crippen LogP contribution in [-0.2, 0) is 4.79 Å². The molecule has 1 aromatic heterocycles. The monoisotopic (exact) mass is 355 g/mol. The van der Waals surface area contributed by atoms with Crippen molar-refractivity contribution in [3.8, 4) is 0 Å². The van der Waals surface area contributed by atoms with E-state index in [9.17, 15) is 9.59 Å². The van der Waals surface area contributed by atoms with Gasteiger partial charge < -0.3 is 10.2 Å². The van der Waals surface area contributed by atoms with Gasteiger partial charge in [-0.15, -0.1) is 11.3 Å². The lowest BCUT2D eigenvalue weighted by molar-refractivity contribution is -0.126. The average molecular weight is 355 g/mol. The molecule has 0 radical (unpaired) electrons. The molecular weight excluding hydrogens is 334 g/mol. The molecule has 2 aromatic rings. The second-order valence-electron chi connectivity index (χ2n) is 6.13. The maximum absolute atomic E-state index is 12.4. The van der Waals surface area contributed by atoms with Crippen LogP contribution in [0.1, 0.15) is 34.5 Å². The predicted octanol–water partition coefficient (Wildman–Crippen LogP) is 2.89. The summed E-state index contributed by atoms with van der Waals surface area (Å²) in [5.74, 6) is -0.0389. The van der Waals surface area contributed by atoms with E-state index < -0.39 is 0 Å². The van der Waals surface area contributed by atoms with Crippen LogP contribution in [0.15, 0.2) is 41.2 Å². The maximum Gasteiger partial charge on any atom is 0.251 e. The van der Waals surface area contributed by atoms with Crippen LogP contribution < -0.4 is 5.32 Å². The van der Waals surface area contributed by atoms with E-state index in [0.29, 0.717) is 18.7 Å². The van der Waals surface area contributed by atoms with Gasteiger partial charge in [-0.2, -0.15) is 0 Å². The van der Waals surface area contributed by atoms with Crippen LogP contribution in [0.4, 0.5) is 0 Å². The lowest BCUT2D eigenvalue weighted by Crippen LogP contribution is -2.46. The van der Waals surface area contributed by atoms with Crippen LogP contribution in [0.2, 0.25) is 0 Å². The summed E-state index contributed by atoms with van der Waals surface area (Å²) in [5, 5.41) is 4.99. The summed E-state index contributed by atoms with van der Waals surface area (Å²) in [6, 6.07) is 7.68. The number of amides is 2. The lowest BCUT2D eigenvalue weighted by atomic mass is 10.0. The third kappa shape index (κ3) is 4.54. The van der Waals surface area contributed by atoms with Crippen molar-refractivity contribution in [2.24, 2.45) is 0 Å². The van der Waals surface area contributed by atoms with E-state index in [1.165, 1.54) is 11.3 Å². The van der Waals surface area contributed by atoms with E-state index in [2.05, 4.69) is 10.3 Å². The number of hydrogen-bond donors (Lipinski definition) is 1. The topological polar surface area (TPSA) is 62.3 Å². The summed E-state index contributed by atoms with van der Waals surface area (Å²) < 4.78 is 0. The fourth-order valence-corrected chi connectivity index (χ4v) is 3.42. The third-order valence-corrected chi connectivity index (χ3v) is 4.98. The number of aromatic nitrogens is 1. The number of carbonyl (C=O) groups is 2. The molecule has 1 aliphatic heterocycles. The molecule has 6 heteroatoms. The van der Waals surface area contributed by atoms with Crippen molar-refractivity contribution in [2.75, 3.05) is 13.1 Å². The normalized spacial score (nSPS) is 15.5. The molecule has 0 unspecified atom stereocenters. The van der Waals surface area contributed by atoms with Crippen LogP contribution in [0.5, 0.6) is 0 Å². The number of nitrogens with zero attached hydrogens (tertiary/aromatic N) is 2. The van der Waals surface area contributed by atoms with Crippen LogP contribution in [0, 0.1) is 6.92 Å². The SMILES string of the molecule is Cc1ccccc1C(=O)NC1CCN(C(=O)/C=C/c2cscn2)CC1. The van der Waals surface area contributed by atoms with E-state index in [-0.39, 0.29) is 17.9 Å². The Morgan fingerprint density at radius 1 is 1.28 bits per heavy atom. The molecule has 1 aliphatic rings. The van der Waals surface area contributed by atoms with E-state index in [4.69, 9.17) is 0 Å². The van der Waals surface area contributed by atoms with Crippen molar-refractivity contribution in [1.82, 2.24) is 15.2 Å². The first kappa shape index (κ1) is 17.4. The molecule has 2 heterocycles. The summed E-state index contributed by atoms with van der Waals surface area (Å²) in [5.41, 5.74) is 4.23. The third-order valence-electron chi connectivity index (χ3n) is 4.38. The van der Waals surface area contributed by atoms with Gasteiger partial charge in [0.15, 0.2) is 0 Å². The Balaban J connectivity index is 1.49. The minimum Gasteiger partial charge on any atom is -0.349 e. The van der Waals surface area contributed by atoms with E-state index in [1.54, 1.807) is 17.7 Å². The molecule has 0 saturated carbocycles. The molecular formula is C19H21N3O2S. The lowest BCUT2D eigenvalue weighted by Gasteiger charge is -2.31. The van der Waals surface area contributed by atoms with E-state index in [0.717, 1.165) is 24.1 Å². The standard InChI is InChI=1S/C19H21N3O2S/c1-14-4-2-3-5-17(14)19(24)21-15-8-10-22(11-9-15)18(23)7-6-16-12-25-13-20-16/h2-7,12-13,15H,8-11H2,1H3,(H,21,24)/b7-6+. The minimum absolute atomic E-state index is 0.00307. The van der Waals surface area contributed by atoms with Gasteiger partial charge in [-0.1, -0.05) is 18.2 Å². The summed E-state index contributed by atoms with van der Waals surface area (Å²) in [7, 11) is 0. The van der Waals surface area contributed by atoms with Crippen molar-refractivity contribution in [2.45, 2.75) is 25.8 Å². The molecule has 25 heavy (non-hydrogen) atoms. The Hall–Kier alpha value is -2.47. The second kappa shape index (κ2) is 8.07. The van der Waals surface area contributed by atoms with Gasteiger partial charge in [0.1, 0.15) is 0 Å². The van der Waals surface area contributed by atoms with Gasteiger partial charge in [0, 0.05) is 36.2 Å². The molecule has 3 rings (SSSR count). The molecule has 0 spiro atoms. The summed E-state index contributed by atoms with van der Waals surface area (Å²) in [6.45, 7) is 3.24. The van der Waals surface area contributed by atoms with Crippen LogP contribution in [0.3, 0.4) is 0 Å². The molecule has 0 bridgehead atoms. The number of benzene rings is 1. The zero-order chi connectivity index (χ0) is 17.6. The molecule has 1 saturated heterocycles. The maximum atomic E-state index is 12.4. The number of likely N-dealkylation sites (tertiary alicyclic amines) is 1. The van der Waals surface area contributed by atoms with Crippen LogP contribution in [0.25, 0.3) is 6.08 Å². The van der Waals surface area contributed by atoms with Gasteiger partial charge in [0.25, 0.3) is 5.91 Å². The predicted molar refractivity (Wildman–Crippen MR) is 99.4 cm³/mol. The molecule has 0 atom stereocenters. The number of hydrogen-bond acceptors (Lipinski definition) is 4. The van der Waals surface area contributed by atoms with Crippen molar-refractivity contribution in [3.05, 3.63) is 58.1 Å². The van der Waals surface area contributed by atoms with E-state index in [1.807, 2.05) is 41.5 Å². The molecule has 130 valence electrons. The summed E-state index contributed by atoms with van der Waals surface area (Å²) in [6.07, 6.45) is 4.86. The highest BCUT2D eigenvalue weighted by atomic mass is 32.1. The Morgan fingerprint density at radius 3 is 2.72 bits per heavy atom. The minimum atomic E-state index is -0.0358. The number of rotatable bonds is 4. The Kier molecular flexibility index (Phi) is 5.60. The zero-order valence-corrected chi connectivity index (χ0v) is 15.0. The number of carbonyl (C=O) groups excluding carboxylic acids is 2. The van der Waals surface area contributed by atoms with E-state index >= 15 is 0 Å². The van der Waals surface area contributed by atoms with Gasteiger partial charge in [-0.3, -0.25) is 9.59 Å². The first-order valence-electron chi connectivity index (χ1n) is 8.35. The van der Waals surface area contributed by atoms with Crippen molar-refractivity contribution < 1.29 is 9.59 Å². The first-order chi connectivity index (χ1) is 12.1. The van der Waals surface area contributed by atoms with Gasteiger partial charge in [0.05, 0.1) is 11.2 Å². The quantitative estimate of drug-likeness (QED) is 0.858. The zero-order valence-electron chi connectivity index (χ0n) is 14.1. The molecule has 2 amide bonds. The summed E-state index contributed by atoms with van der Waals surface area (Å²) >= 11 is 1.50. The number of aryl methyl sites for hydroxylation is 1. The highest BCUT2D eigenvalue weighted by Crippen LogP contribution is 2.14. The molecule has 1 N–H and O–H groups in total. The van der Waals surface area contributed by atoms with Crippen molar-refractivity contribution >= 4 is 29.2 Å².